The average molecular weight is 610 g/mol. The summed E-state index contributed by atoms with van der Waals surface area (Å²) in [5, 5.41) is 4.90. The summed E-state index contributed by atoms with van der Waals surface area (Å²) in [6, 6.07) is 12.3. The van der Waals surface area contributed by atoms with E-state index in [2.05, 4.69) is 19.9 Å². The van der Waals surface area contributed by atoms with Crippen LogP contribution in [0.25, 0.3) is 17.0 Å². The molecule has 2 aromatic heterocycles. The number of alkyl halides is 3. The van der Waals surface area contributed by atoms with Crippen LogP contribution < -0.4 is 10.1 Å². The fraction of sp³-hybridized carbons (Fsp3) is 0.214. The van der Waals surface area contributed by atoms with Gasteiger partial charge in [-0.25, -0.2) is 9.78 Å². The first kappa shape index (κ1) is 28.3. The molecule has 0 aliphatic carbocycles. The predicted octanol–water partition coefficient (Wildman–Crippen LogP) is 7.72. The number of aromatic nitrogens is 2. The van der Waals surface area contributed by atoms with Gasteiger partial charge in [-0.15, -0.1) is 13.2 Å². The van der Waals surface area contributed by atoms with E-state index < -0.39 is 6.36 Å². The van der Waals surface area contributed by atoms with Gasteiger partial charge < -0.3 is 10.1 Å². The summed E-state index contributed by atoms with van der Waals surface area (Å²) in [6.45, 7) is 2.15. The number of benzene rings is 2. The second-order valence-corrected chi connectivity index (χ2v) is 10.4. The van der Waals surface area contributed by atoms with Crippen LogP contribution in [0.3, 0.4) is 0 Å². The first-order valence-electron chi connectivity index (χ1n) is 12.2. The highest BCUT2D eigenvalue weighted by Gasteiger charge is 2.31. The van der Waals surface area contributed by atoms with Gasteiger partial charge in [0.25, 0.3) is 0 Å². The number of nitrogens with zero attached hydrogens (tertiary/aromatic N) is 3. The van der Waals surface area contributed by atoms with Gasteiger partial charge in [0.2, 0.25) is 0 Å². The van der Waals surface area contributed by atoms with Gasteiger partial charge in [-0.1, -0.05) is 59.1 Å². The van der Waals surface area contributed by atoms with Gasteiger partial charge in [-0.2, -0.15) is 0 Å². The number of hydrogen-bond donors (Lipinski definition) is 1. The van der Waals surface area contributed by atoms with Crippen LogP contribution in [0.1, 0.15) is 22.4 Å². The lowest BCUT2D eigenvalue weighted by atomic mass is 10.0. The molecule has 5 rings (SSSR count). The molecule has 0 saturated carbocycles. The van der Waals surface area contributed by atoms with Gasteiger partial charge in [0.1, 0.15) is 10.9 Å². The number of pyridine rings is 1. The molecule has 208 valence electrons. The number of carbonyl (C=O) groups excluding carboxylic acids is 1. The molecule has 3 heterocycles. The van der Waals surface area contributed by atoms with Crippen molar-refractivity contribution in [1.29, 1.82) is 0 Å². The maximum absolute atomic E-state index is 13.4. The maximum Gasteiger partial charge on any atom is 0.573 e. The Morgan fingerprint density at radius 3 is 2.55 bits per heavy atom. The van der Waals surface area contributed by atoms with Gasteiger partial charge in [-0.3, -0.25) is 9.47 Å². The lowest BCUT2D eigenvalue weighted by molar-refractivity contribution is -0.274. The van der Waals surface area contributed by atoms with E-state index in [4.69, 9.17) is 34.8 Å². The van der Waals surface area contributed by atoms with Gasteiger partial charge >= 0.3 is 12.4 Å². The molecule has 1 N–H and O–H groups in total. The minimum Gasteiger partial charge on any atom is -0.406 e. The van der Waals surface area contributed by atoms with Crippen molar-refractivity contribution in [3.8, 4) is 5.75 Å². The van der Waals surface area contributed by atoms with Crippen molar-refractivity contribution in [2.75, 3.05) is 13.1 Å². The number of hydrogen-bond acceptors (Lipinski definition) is 4. The topological polar surface area (TPSA) is 59.4 Å². The summed E-state index contributed by atoms with van der Waals surface area (Å²) in [5.41, 5.74) is 4.11. The largest absolute Gasteiger partial charge is 0.573 e. The number of rotatable bonds is 6. The van der Waals surface area contributed by atoms with Crippen molar-refractivity contribution >= 4 is 57.8 Å². The predicted molar refractivity (Wildman–Crippen MR) is 150 cm³/mol. The van der Waals surface area contributed by atoms with E-state index in [0.29, 0.717) is 46.8 Å². The van der Waals surface area contributed by atoms with Crippen LogP contribution in [0.2, 0.25) is 15.2 Å². The molecule has 6 nitrogen and oxygen atoms in total. The normalized spacial score (nSPS) is 14.1. The molecule has 0 atom stereocenters. The van der Waals surface area contributed by atoms with E-state index in [-0.39, 0.29) is 18.3 Å². The van der Waals surface area contributed by atoms with E-state index in [1.165, 1.54) is 12.1 Å². The summed E-state index contributed by atoms with van der Waals surface area (Å²) in [7, 11) is 0. The fourth-order valence-corrected chi connectivity index (χ4v) is 5.24. The zero-order chi connectivity index (χ0) is 28.4. The van der Waals surface area contributed by atoms with Crippen molar-refractivity contribution in [3.63, 3.8) is 0 Å². The van der Waals surface area contributed by atoms with Crippen LogP contribution in [0, 0.1) is 0 Å². The lowest BCUT2D eigenvalue weighted by Crippen LogP contribution is -2.34. The highest BCUT2D eigenvalue weighted by atomic mass is 35.5. The molecule has 1 aliphatic rings. The molecule has 12 heteroatoms. The van der Waals surface area contributed by atoms with Crippen molar-refractivity contribution in [1.82, 2.24) is 19.8 Å². The molecule has 40 heavy (non-hydrogen) atoms. The average Bonchev–Trinajstić information content (AvgIpc) is 3.20. The second kappa shape index (κ2) is 11.7. The SMILES string of the molecule is O=C(NCc1ccnc(Cl)c1)n1c2c(c3cc(Cl)c(Cl)cc31)CN(CC=Cc1ccc(OC(F)(F)F)cc1)CC2. The van der Waals surface area contributed by atoms with Gasteiger partial charge in [0.05, 0.1) is 15.6 Å². The number of nitrogens with one attached hydrogen (secondary N) is 1. The molecule has 0 bridgehead atoms. The minimum absolute atomic E-state index is 0.267. The molecule has 0 radical (unpaired) electrons. The zero-order valence-corrected chi connectivity index (χ0v) is 23.1. The first-order valence-corrected chi connectivity index (χ1v) is 13.4. The number of ether oxygens (including phenoxy) is 1. The first-order chi connectivity index (χ1) is 19.1. The van der Waals surface area contributed by atoms with Gasteiger partial charge in [-0.05, 0) is 53.1 Å². The molecular weight excluding hydrogens is 588 g/mol. The van der Waals surface area contributed by atoms with E-state index in [1.54, 1.807) is 47.2 Å². The Kier molecular flexibility index (Phi) is 8.28. The Morgan fingerprint density at radius 1 is 1.07 bits per heavy atom. The molecule has 4 aromatic rings. The summed E-state index contributed by atoms with van der Waals surface area (Å²) < 4.78 is 42.7. The Labute approximate surface area is 242 Å². The standard InChI is InChI=1S/C28H22Cl3F3N4O2/c29-22-13-20-21-16-37(10-1-2-17-3-5-19(6-4-17)40-28(32,33)34)11-8-24(21)38(25(20)14-23(22)30)27(39)36-15-18-7-9-35-26(31)12-18/h1-7,9,12-14H,8,10-11,15-16H2,(H,36,39). The van der Waals surface area contributed by atoms with Crippen molar-refractivity contribution in [3.05, 3.63) is 98.4 Å². The summed E-state index contributed by atoms with van der Waals surface area (Å²) >= 11 is 18.7. The van der Waals surface area contributed by atoms with Crippen LogP contribution in [-0.4, -0.2) is 39.9 Å². The molecule has 1 amide bonds. The van der Waals surface area contributed by atoms with Crippen LogP contribution in [0.4, 0.5) is 18.0 Å². The zero-order valence-electron chi connectivity index (χ0n) is 20.8. The van der Waals surface area contributed by atoms with Crippen LogP contribution in [-0.2, 0) is 19.5 Å². The number of carbonyl (C=O) groups is 1. The summed E-state index contributed by atoms with van der Waals surface area (Å²) in [4.78, 5) is 19.6. The maximum atomic E-state index is 13.4. The smallest absolute Gasteiger partial charge is 0.406 e. The third-order valence-corrected chi connectivity index (χ3v) is 7.42. The molecule has 0 fully saturated rings. The Bertz CT molecular complexity index is 1590. The van der Waals surface area contributed by atoms with Crippen LogP contribution in [0.5, 0.6) is 5.75 Å². The fourth-order valence-electron chi connectivity index (χ4n) is 4.72. The minimum atomic E-state index is -4.72. The molecule has 0 unspecified atom stereocenters. The highest BCUT2D eigenvalue weighted by molar-refractivity contribution is 6.42. The van der Waals surface area contributed by atoms with E-state index in [1.807, 2.05) is 12.2 Å². The number of fused-ring (bicyclic) bond motifs is 3. The summed E-state index contributed by atoms with van der Waals surface area (Å²) in [6.07, 6.45) is 1.26. The van der Waals surface area contributed by atoms with E-state index in [0.717, 1.165) is 27.8 Å². The third-order valence-electron chi connectivity index (χ3n) is 6.49. The van der Waals surface area contributed by atoms with Crippen molar-refractivity contribution < 1.29 is 22.7 Å². The molecule has 0 spiro atoms. The van der Waals surface area contributed by atoms with Gasteiger partial charge in [0.15, 0.2) is 0 Å². The van der Waals surface area contributed by atoms with E-state index in [9.17, 15) is 18.0 Å². The Hall–Kier alpha value is -3.24. The van der Waals surface area contributed by atoms with Gasteiger partial charge in [0, 0.05) is 49.9 Å². The van der Waals surface area contributed by atoms with Crippen molar-refractivity contribution in [2.24, 2.45) is 0 Å². The molecular formula is C28H22Cl3F3N4O2. The number of halogens is 6. The molecule has 2 aromatic carbocycles. The summed E-state index contributed by atoms with van der Waals surface area (Å²) in [5.74, 6) is -0.267. The number of amides is 1. The second-order valence-electron chi connectivity index (χ2n) is 9.19. The highest BCUT2D eigenvalue weighted by Crippen LogP contribution is 2.36. The quantitative estimate of drug-likeness (QED) is 0.227. The molecule has 0 saturated heterocycles. The van der Waals surface area contributed by atoms with Crippen LogP contribution >= 0.6 is 34.8 Å². The Morgan fingerprint density at radius 2 is 1.82 bits per heavy atom. The Balaban J connectivity index is 1.33. The monoisotopic (exact) mass is 608 g/mol. The van der Waals surface area contributed by atoms with Crippen molar-refractivity contribution in [2.45, 2.75) is 25.9 Å². The molecule has 1 aliphatic heterocycles. The van der Waals surface area contributed by atoms with E-state index >= 15 is 0 Å². The third kappa shape index (κ3) is 6.55. The lowest BCUT2D eigenvalue weighted by Gasteiger charge is -2.27. The van der Waals surface area contributed by atoms with Crippen LogP contribution in [0.15, 0.2) is 60.8 Å².